The molecule has 1 aromatic rings. The van der Waals surface area contributed by atoms with Crippen molar-refractivity contribution in [2.75, 3.05) is 37.7 Å². The summed E-state index contributed by atoms with van der Waals surface area (Å²) in [6, 6.07) is 4.32. The van der Waals surface area contributed by atoms with E-state index in [9.17, 15) is 18.3 Å². The highest BCUT2D eigenvalue weighted by Crippen LogP contribution is 2.30. The average Bonchev–Trinajstić information content (AvgIpc) is 2.58. The number of halogens is 3. The van der Waals surface area contributed by atoms with Gasteiger partial charge in [0, 0.05) is 24.6 Å². The van der Waals surface area contributed by atoms with E-state index < -0.39 is 17.8 Å². The van der Waals surface area contributed by atoms with Crippen molar-refractivity contribution in [2.45, 2.75) is 12.3 Å². The second-order valence-electron chi connectivity index (χ2n) is 5.29. The molecule has 0 aromatic heterocycles. The minimum atomic E-state index is -4.38. The van der Waals surface area contributed by atoms with Gasteiger partial charge >= 0.3 is 6.18 Å². The molecule has 1 aromatic carbocycles. The van der Waals surface area contributed by atoms with Crippen LogP contribution in [0.1, 0.15) is 5.56 Å². The number of aliphatic imine (C=N–C) groups is 1. The van der Waals surface area contributed by atoms with Crippen LogP contribution in [0.5, 0.6) is 5.75 Å². The van der Waals surface area contributed by atoms with E-state index in [1.807, 2.05) is 16.7 Å². The number of aliphatic hydroxyl groups is 1. The van der Waals surface area contributed by atoms with Crippen LogP contribution >= 0.6 is 11.8 Å². The number of thioether (sulfide) groups is 1. The fraction of sp³-hybridized carbons (Fsp3) is 0.533. The molecule has 0 radical (unpaired) electrons. The first-order chi connectivity index (χ1) is 11.4. The maximum Gasteiger partial charge on any atom is 0.416 e. The maximum absolute atomic E-state index is 12.5. The summed E-state index contributed by atoms with van der Waals surface area (Å²) in [6.45, 7) is 1.67. The zero-order valence-electron chi connectivity index (χ0n) is 13.0. The van der Waals surface area contributed by atoms with Gasteiger partial charge < -0.3 is 20.5 Å². The lowest BCUT2D eigenvalue weighted by atomic mass is 10.2. The highest BCUT2D eigenvalue weighted by atomic mass is 32.2. The topological polar surface area (TPSA) is 71.1 Å². The Morgan fingerprint density at radius 1 is 1.29 bits per heavy atom. The van der Waals surface area contributed by atoms with Crippen LogP contribution in [0.25, 0.3) is 0 Å². The molecule has 1 aliphatic rings. The summed E-state index contributed by atoms with van der Waals surface area (Å²) < 4.78 is 42.6. The van der Waals surface area contributed by atoms with Crippen LogP contribution in [0.4, 0.5) is 13.2 Å². The molecular weight excluding hydrogens is 343 g/mol. The van der Waals surface area contributed by atoms with Gasteiger partial charge in [-0.25, -0.2) is 0 Å². The molecule has 0 amide bonds. The van der Waals surface area contributed by atoms with Gasteiger partial charge in [0.25, 0.3) is 0 Å². The fourth-order valence-electron chi connectivity index (χ4n) is 2.08. The van der Waals surface area contributed by atoms with Crippen LogP contribution in [-0.2, 0) is 6.18 Å². The molecule has 2 rings (SSSR count). The van der Waals surface area contributed by atoms with Crippen molar-refractivity contribution in [3.8, 4) is 5.75 Å². The van der Waals surface area contributed by atoms with E-state index in [0.29, 0.717) is 5.96 Å². The molecule has 5 nitrogen and oxygen atoms in total. The molecule has 1 saturated heterocycles. The van der Waals surface area contributed by atoms with Crippen LogP contribution in [0.2, 0.25) is 0 Å². The molecule has 1 atom stereocenters. The number of guanidine groups is 1. The van der Waals surface area contributed by atoms with Gasteiger partial charge in [-0.05, 0) is 24.3 Å². The zero-order valence-corrected chi connectivity index (χ0v) is 13.8. The number of ether oxygens (including phenoxy) is 1. The molecule has 0 bridgehead atoms. The molecule has 0 spiro atoms. The van der Waals surface area contributed by atoms with E-state index in [1.54, 1.807) is 0 Å². The lowest BCUT2D eigenvalue weighted by molar-refractivity contribution is -0.137. The summed E-state index contributed by atoms with van der Waals surface area (Å²) in [4.78, 5) is 6.10. The fourth-order valence-corrected chi connectivity index (χ4v) is 2.98. The molecule has 1 aliphatic heterocycles. The standard InChI is InChI=1S/C15H20F3N3O2S/c16-15(17,18)11-1-3-13(4-2-11)23-10-12(22)9-20-14(19)21-5-7-24-8-6-21/h1-4,12,22H,5-10H2,(H2,19,20). The molecule has 1 fully saturated rings. The summed E-state index contributed by atoms with van der Waals surface area (Å²) in [7, 11) is 0. The Morgan fingerprint density at radius 2 is 1.92 bits per heavy atom. The number of nitrogens with two attached hydrogens (primary N) is 1. The van der Waals surface area contributed by atoms with E-state index in [4.69, 9.17) is 10.5 Å². The number of hydrogen-bond donors (Lipinski definition) is 2. The zero-order chi connectivity index (χ0) is 17.6. The van der Waals surface area contributed by atoms with Gasteiger partial charge in [-0.1, -0.05) is 0 Å². The summed E-state index contributed by atoms with van der Waals surface area (Å²) in [6.07, 6.45) is -5.26. The quantitative estimate of drug-likeness (QED) is 0.617. The smallest absolute Gasteiger partial charge is 0.416 e. The third-order valence-electron chi connectivity index (χ3n) is 3.42. The summed E-state index contributed by atoms with van der Waals surface area (Å²) >= 11 is 1.86. The van der Waals surface area contributed by atoms with Gasteiger partial charge in [0.15, 0.2) is 5.96 Å². The van der Waals surface area contributed by atoms with Crippen LogP contribution in [0, 0.1) is 0 Å². The van der Waals surface area contributed by atoms with E-state index in [1.165, 1.54) is 12.1 Å². The highest BCUT2D eigenvalue weighted by Gasteiger charge is 2.30. The Labute approximate surface area is 142 Å². The summed E-state index contributed by atoms with van der Waals surface area (Å²) in [5, 5.41) is 9.85. The van der Waals surface area contributed by atoms with Gasteiger partial charge in [-0.2, -0.15) is 24.9 Å². The largest absolute Gasteiger partial charge is 0.491 e. The first-order valence-electron chi connectivity index (χ1n) is 7.47. The molecule has 9 heteroatoms. The van der Waals surface area contributed by atoms with Crippen molar-refractivity contribution in [1.82, 2.24) is 4.90 Å². The van der Waals surface area contributed by atoms with E-state index in [0.717, 1.165) is 36.7 Å². The molecular formula is C15H20F3N3O2S. The third-order valence-corrected chi connectivity index (χ3v) is 4.37. The van der Waals surface area contributed by atoms with Gasteiger partial charge in [-0.3, -0.25) is 4.99 Å². The molecule has 134 valence electrons. The Bertz CT molecular complexity index is 546. The van der Waals surface area contributed by atoms with E-state index in [-0.39, 0.29) is 18.9 Å². The van der Waals surface area contributed by atoms with E-state index >= 15 is 0 Å². The van der Waals surface area contributed by atoms with Crippen molar-refractivity contribution in [1.29, 1.82) is 0 Å². The molecule has 1 heterocycles. The number of rotatable bonds is 5. The normalized spacial score (nSPS) is 17.7. The lowest BCUT2D eigenvalue weighted by Gasteiger charge is -2.27. The number of aliphatic hydroxyl groups excluding tert-OH is 1. The number of benzene rings is 1. The second-order valence-corrected chi connectivity index (χ2v) is 6.51. The summed E-state index contributed by atoms with van der Waals surface area (Å²) in [5.74, 6) is 2.64. The van der Waals surface area contributed by atoms with Crippen molar-refractivity contribution < 1.29 is 23.0 Å². The maximum atomic E-state index is 12.5. The van der Waals surface area contributed by atoms with Crippen molar-refractivity contribution >= 4 is 17.7 Å². The summed E-state index contributed by atoms with van der Waals surface area (Å²) in [5.41, 5.74) is 5.13. The predicted octanol–water partition coefficient (Wildman–Crippen LogP) is 1.81. The Hall–Kier alpha value is -1.61. The number of nitrogens with zero attached hydrogens (tertiary/aromatic N) is 2. The Balaban J connectivity index is 1.77. The van der Waals surface area contributed by atoms with Crippen LogP contribution < -0.4 is 10.5 Å². The monoisotopic (exact) mass is 363 g/mol. The van der Waals surface area contributed by atoms with Crippen LogP contribution in [0.3, 0.4) is 0 Å². The SMILES string of the molecule is NC(=NCC(O)COc1ccc(C(F)(F)F)cc1)N1CCSCC1. The molecule has 1 unspecified atom stereocenters. The lowest BCUT2D eigenvalue weighted by Crippen LogP contribution is -2.43. The predicted molar refractivity (Wildman–Crippen MR) is 88.3 cm³/mol. The minimum Gasteiger partial charge on any atom is -0.491 e. The molecule has 0 saturated carbocycles. The molecule has 3 N–H and O–H groups in total. The van der Waals surface area contributed by atoms with Gasteiger partial charge in [0.1, 0.15) is 18.5 Å². The van der Waals surface area contributed by atoms with Gasteiger partial charge in [0.05, 0.1) is 12.1 Å². The van der Waals surface area contributed by atoms with Gasteiger partial charge in [-0.15, -0.1) is 0 Å². The third kappa shape index (κ3) is 5.79. The highest BCUT2D eigenvalue weighted by molar-refractivity contribution is 7.99. The Morgan fingerprint density at radius 3 is 2.50 bits per heavy atom. The van der Waals surface area contributed by atoms with Crippen molar-refractivity contribution in [3.63, 3.8) is 0 Å². The Kier molecular flexibility index (Phi) is 6.61. The van der Waals surface area contributed by atoms with Gasteiger partial charge in [0.2, 0.25) is 0 Å². The van der Waals surface area contributed by atoms with E-state index in [2.05, 4.69) is 4.99 Å². The first-order valence-corrected chi connectivity index (χ1v) is 8.62. The van der Waals surface area contributed by atoms with Crippen molar-refractivity contribution in [3.05, 3.63) is 29.8 Å². The van der Waals surface area contributed by atoms with Crippen LogP contribution in [-0.4, -0.2) is 59.8 Å². The number of hydrogen-bond acceptors (Lipinski definition) is 4. The molecule has 0 aliphatic carbocycles. The number of alkyl halides is 3. The second kappa shape index (κ2) is 8.48. The first kappa shape index (κ1) is 18.7. The van der Waals surface area contributed by atoms with Crippen LogP contribution in [0.15, 0.2) is 29.3 Å². The minimum absolute atomic E-state index is 0.0714. The average molecular weight is 363 g/mol. The molecule has 24 heavy (non-hydrogen) atoms. The van der Waals surface area contributed by atoms with Crippen molar-refractivity contribution in [2.24, 2.45) is 10.7 Å².